The summed E-state index contributed by atoms with van der Waals surface area (Å²) in [5.41, 5.74) is 5.55. The lowest BCUT2D eigenvalue weighted by Crippen LogP contribution is -2.22. The molecule has 4 rings (SSSR count). The molecule has 4 aromatic rings. The second-order valence-corrected chi connectivity index (χ2v) is 10.1. The number of imidazole rings is 1. The average molecular weight is 494 g/mol. The summed E-state index contributed by atoms with van der Waals surface area (Å²) in [4.78, 5) is 18.4. The van der Waals surface area contributed by atoms with Gasteiger partial charge in [-0.2, -0.15) is 0 Å². The fourth-order valence-corrected chi connectivity index (χ4v) is 4.10. The summed E-state index contributed by atoms with van der Waals surface area (Å²) in [6.07, 6.45) is 2.34. The third-order valence-electron chi connectivity index (χ3n) is 5.21. The van der Waals surface area contributed by atoms with E-state index in [2.05, 4.69) is 15.0 Å². The fraction of sp³-hybridized carbons (Fsp3) is 0.200. The molecule has 1 amide bonds. The van der Waals surface area contributed by atoms with Crippen LogP contribution >= 0.6 is 0 Å². The number of nitrogens with zero attached hydrogens (tertiary/aromatic N) is 3. The maximum Gasteiger partial charge on any atom is 0.411 e. The summed E-state index contributed by atoms with van der Waals surface area (Å²) >= 11 is 0. The van der Waals surface area contributed by atoms with E-state index in [1.165, 1.54) is 0 Å². The highest BCUT2D eigenvalue weighted by Crippen LogP contribution is 2.27. The molecule has 0 fully saturated rings. The number of fused-ring (bicyclic) bond motifs is 1. The minimum absolute atomic E-state index is 0.317. The van der Waals surface area contributed by atoms with Crippen LogP contribution in [0.3, 0.4) is 0 Å². The predicted octanol–water partition coefficient (Wildman–Crippen LogP) is 4.17. The molecule has 0 unspecified atom stereocenters. The van der Waals surface area contributed by atoms with Crippen molar-refractivity contribution in [2.45, 2.75) is 0 Å². The highest BCUT2D eigenvalue weighted by molar-refractivity contribution is 7.92. The standard InChI is InChI=1S/C25H27N5O4S/c1-29(2)13-14-34-25(31)27-20-10-7-18(8-11-20)19-9-12-23-24(15-19)30(17-26-23)22-6-4-5-21(16-22)28-35(3,32)33/h4-12,15-17,28H,13-14H2,1-3H3,(H,27,31). The molecule has 182 valence electrons. The summed E-state index contributed by atoms with van der Waals surface area (Å²) in [6, 6.07) is 20.6. The molecular weight excluding hydrogens is 466 g/mol. The first-order chi connectivity index (χ1) is 16.7. The fourth-order valence-electron chi connectivity index (χ4n) is 3.55. The van der Waals surface area contributed by atoms with Crippen molar-refractivity contribution >= 4 is 38.5 Å². The van der Waals surface area contributed by atoms with Gasteiger partial charge < -0.3 is 9.64 Å². The van der Waals surface area contributed by atoms with Crippen molar-refractivity contribution in [1.29, 1.82) is 0 Å². The number of ether oxygens (including phenoxy) is 1. The Balaban J connectivity index is 1.54. The van der Waals surface area contributed by atoms with E-state index in [-0.39, 0.29) is 0 Å². The maximum atomic E-state index is 11.9. The summed E-state index contributed by atoms with van der Waals surface area (Å²) in [5.74, 6) is 0. The van der Waals surface area contributed by atoms with E-state index in [0.717, 1.165) is 34.1 Å². The molecule has 0 bridgehead atoms. The van der Waals surface area contributed by atoms with E-state index >= 15 is 0 Å². The highest BCUT2D eigenvalue weighted by atomic mass is 32.2. The Morgan fingerprint density at radius 2 is 1.74 bits per heavy atom. The number of rotatable bonds is 8. The molecule has 0 saturated carbocycles. The van der Waals surface area contributed by atoms with Gasteiger partial charge in [-0.15, -0.1) is 0 Å². The lowest BCUT2D eigenvalue weighted by molar-refractivity contribution is 0.151. The molecule has 3 aromatic carbocycles. The van der Waals surface area contributed by atoms with Gasteiger partial charge >= 0.3 is 6.09 Å². The molecule has 0 radical (unpaired) electrons. The van der Waals surface area contributed by atoms with Crippen LogP contribution in [-0.2, 0) is 14.8 Å². The number of benzene rings is 3. The van der Waals surface area contributed by atoms with E-state index in [9.17, 15) is 13.2 Å². The number of carbonyl (C=O) groups is 1. The minimum Gasteiger partial charge on any atom is -0.448 e. The largest absolute Gasteiger partial charge is 0.448 e. The van der Waals surface area contributed by atoms with Crippen molar-refractivity contribution in [3.8, 4) is 16.8 Å². The van der Waals surface area contributed by atoms with Crippen molar-refractivity contribution < 1.29 is 17.9 Å². The van der Waals surface area contributed by atoms with E-state index in [1.807, 2.05) is 72.1 Å². The number of likely N-dealkylation sites (N-methyl/N-ethyl adjacent to an activating group) is 1. The van der Waals surface area contributed by atoms with Gasteiger partial charge in [-0.05, 0) is 67.7 Å². The van der Waals surface area contributed by atoms with Crippen LogP contribution in [0.2, 0.25) is 0 Å². The zero-order valence-corrected chi connectivity index (χ0v) is 20.5. The summed E-state index contributed by atoms with van der Waals surface area (Å²) in [6.45, 7) is 0.974. The Morgan fingerprint density at radius 3 is 2.46 bits per heavy atom. The van der Waals surface area contributed by atoms with E-state index in [0.29, 0.717) is 24.5 Å². The van der Waals surface area contributed by atoms with Gasteiger partial charge in [0.25, 0.3) is 0 Å². The molecule has 35 heavy (non-hydrogen) atoms. The number of nitrogens with one attached hydrogen (secondary N) is 2. The zero-order chi connectivity index (χ0) is 25.0. The van der Waals surface area contributed by atoms with Gasteiger partial charge in [-0.25, -0.2) is 18.2 Å². The van der Waals surface area contributed by atoms with Gasteiger partial charge in [0.2, 0.25) is 10.0 Å². The van der Waals surface area contributed by atoms with Crippen LogP contribution in [0, 0.1) is 0 Å². The molecule has 0 spiro atoms. The van der Waals surface area contributed by atoms with Gasteiger partial charge in [-0.1, -0.05) is 24.3 Å². The SMILES string of the molecule is CN(C)CCOC(=O)Nc1ccc(-c2ccc3ncn(-c4cccc(NS(C)(=O)=O)c4)c3c2)cc1. The smallest absolute Gasteiger partial charge is 0.411 e. The molecule has 0 saturated heterocycles. The molecule has 0 aliphatic carbocycles. The summed E-state index contributed by atoms with van der Waals surface area (Å²) < 4.78 is 32.8. The molecule has 1 heterocycles. The lowest BCUT2D eigenvalue weighted by atomic mass is 10.0. The average Bonchev–Trinajstić information content (AvgIpc) is 3.22. The number of sulfonamides is 1. The Hall–Kier alpha value is -3.89. The predicted molar refractivity (Wildman–Crippen MR) is 138 cm³/mol. The molecule has 0 aliphatic rings. The normalized spacial score (nSPS) is 11.5. The van der Waals surface area contributed by atoms with Crippen LogP contribution in [0.1, 0.15) is 0 Å². The summed E-state index contributed by atoms with van der Waals surface area (Å²) in [7, 11) is 0.450. The molecule has 0 aliphatic heterocycles. The minimum atomic E-state index is -3.38. The molecule has 1 aromatic heterocycles. The number of hydrogen-bond donors (Lipinski definition) is 2. The number of carbonyl (C=O) groups excluding carboxylic acids is 1. The number of aromatic nitrogens is 2. The third kappa shape index (κ3) is 6.37. The number of anilines is 2. The maximum absolute atomic E-state index is 11.9. The first-order valence-electron chi connectivity index (χ1n) is 10.9. The van der Waals surface area contributed by atoms with Crippen molar-refractivity contribution in [1.82, 2.24) is 14.5 Å². The number of amides is 1. The molecule has 0 atom stereocenters. The van der Waals surface area contributed by atoms with Crippen LogP contribution in [0.25, 0.3) is 27.8 Å². The van der Waals surface area contributed by atoms with Crippen molar-refractivity contribution in [2.75, 3.05) is 43.5 Å². The quantitative estimate of drug-likeness (QED) is 0.382. The van der Waals surface area contributed by atoms with Crippen molar-refractivity contribution in [3.05, 3.63) is 73.1 Å². The Morgan fingerprint density at radius 1 is 1.00 bits per heavy atom. The van der Waals surface area contributed by atoms with Crippen LogP contribution in [-0.4, -0.2) is 62.5 Å². The molecule has 10 heteroatoms. The monoisotopic (exact) mass is 493 g/mol. The zero-order valence-electron chi connectivity index (χ0n) is 19.7. The van der Waals surface area contributed by atoms with Gasteiger partial charge in [-0.3, -0.25) is 14.6 Å². The van der Waals surface area contributed by atoms with E-state index < -0.39 is 16.1 Å². The van der Waals surface area contributed by atoms with Gasteiger partial charge in [0.1, 0.15) is 12.9 Å². The molecule has 2 N–H and O–H groups in total. The van der Waals surface area contributed by atoms with E-state index in [1.54, 1.807) is 24.5 Å². The van der Waals surface area contributed by atoms with Gasteiger partial charge in [0, 0.05) is 17.9 Å². The Kier molecular flexibility index (Phi) is 7.04. The number of hydrogen-bond acceptors (Lipinski definition) is 6. The topological polar surface area (TPSA) is 106 Å². The lowest BCUT2D eigenvalue weighted by Gasteiger charge is -2.11. The van der Waals surface area contributed by atoms with Gasteiger partial charge in [0.05, 0.1) is 23.0 Å². The van der Waals surface area contributed by atoms with Gasteiger partial charge in [0.15, 0.2) is 0 Å². The van der Waals surface area contributed by atoms with Crippen LogP contribution < -0.4 is 10.0 Å². The summed E-state index contributed by atoms with van der Waals surface area (Å²) in [5, 5.41) is 2.73. The second kappa shape index (κ2) is 10.2. The second-order valence-electron chi connectivity index (χ2n) is 8.38. The first-order valence-corrected chi connectivity index (χ1v) is 12.8. The van der Waals surface area contributed by atoms with E-state index in [4.69, 9.17) is 4.74 Å². The van der Waals surface area contributed by atoms with Crippen LogP contribution in [0.15, 0.2) is 73.1 Å². The Labute approximate surface area is 204 Å². The molecule has 9 nitrogen and oxygen atoms in total. The Bertz CT molecular complexity index is 1450. The van der Waals surface area contributed by atoms with Crippen molar-refractivity contribution in [2.24, 2.45) is 0 Å². The molecular formula is C25H27N5O4S. The first kappa shape index (κ1) is 24.2. The van der Waals surface area contributed by atoms with Crippen molar-refractivity contribution in [3.63, 3.8) is 0 Å². The van der Waals surface area contributed by atoms with Crippen LogP contribution in [0.5, 0.6) is 0 Å². The highest BCUT2D eigenvalue weighted by Gasteiger charge is 2.10. The van der Waals surface area contributed by atoms with Crippen LogP contribution in [0.4, 0.5) is 16.2 Å². The third-order valence-corrected chi connectivity index (χ3v) is 5.82.